The fourth-order valence-corrected chi connectivity index (χ4v) is 4.60. The lowest BCUT2D eigenvalue weighted by atomic mass is 9.71. The minimum atomic E-state index is -0.537. The van der Waals surface area contributed by atoms with Crippen LogP contribution in [0, 0.1) is 0 Å². The summed E-state index contributed by atoms with van der Waals surface area (Å²) in [6.45, 7) is -0.185. The molecule has 1 heterocycles. The average molecular weight is 380 g/mol. The van der Waals surface area contributed by atoms with E-state index in [1.165, 1.54) is 0 Å². The molecule has 0 spiro atoms. The molecule has 4 rings (SSSR count). The highest BCUT2D eigenvalue weighted by Crippen LogP contribution is 2.48. The van der Waals surface area contributed by atoms with E-state index in [1.54, 1.807) is 12.1 Å². The quantitative estimate of drug-likeness (QED) is 0.867. The van der Waals surface area contributed by atoms with Gasteiger partial charge in [-0.25, -0.2) is 0 Å². The van der Waals surface area contributed by atoms with Crippen LogP contribution in [0.5, 0.6) is 5.75 Å². The molecular weight excluding hydrogens is 356 g/mol. The first-order chi connectivity index (χ1) is 13.5. The van der Waals surface area contributed by atoms with Crippen LogP contribution in [0.1, 0.15) is 50.0 Å². The van der Waals surface area contributed by atoms with Gasteiger partial charge in [-0.05, 0) is 43.4 Å². The van der Waals surface area contributed by atoms with Crippen molar-refractivity contribution in [2.45, 2.75) is 44.4 Å². The van der Waals surface area contributed by atoms with Gasteiger partial charge in [0, 0.05) is 48.3 Å². The molecule has 0 aromatic heterocycles. The number of ether oxygens (including phenoxy) is 1. The monoisotopic (exact) mass is 380 g/mol. The summed E-state index contributed by atoms with van der Waals surface area (Å²) in [7, 11) is 1.98. The van der Waals surface area contributed by atoms with Gasteiger partial charge in [0.15, 0.2) is 18.2 Å². The summed E-state index contributed by atoms with van der Waals surface area (Å²) >= 11 is 0. The van der Waals surface area contributed by atoms with Gasteiger partial charge < -0.3 is 15.4 Å². The lowest BCUT2D eigenvalue weighted by Crippen LogP contribution is -2.37. The molecule has 0 bridgehead atoms. The highest BCUT2D eigenvalue weighted by atomic mass is 16.5. The van der Waals surface area contributed by atoms with Crippen molar-refractivity contribution in [2.24, 2.45) is 5.73 Å². The number of carbonyl (C=O) groups is 3. The molecule has 1 amide bonds. The first kappa shape index (κ1) is 18.5. The van der Waals surface area contributed by atoms with Gasteiger partial charge in [-0.3, -0.25) is 14.4 Å². The number of hydrogen-bond acceptors (Lipinski definition) is 5. The van der Waals surface area contributed by atoms with Gasteiger partial charge in [0.25, 0.3) is 5.91 Å². The average Bonchev–Trinajstić information content (AvgIpc) is 2.68. The Morgan fingerprint density at radius 2 is 1.54 bits per heavy atom. The lowest BCUT2D eigenvalue weighted by molar-refractivity contribution is -0.120. The molecule has 0 atom stereocenters. The maximum atomic E-state index is 12.9. The second kappa shape index (κ2) is 7.26. The molecule has 0 fully saturated rings. The van der Waals surface area contributed by atoms with Crippen LogP contribution in [-0.2, 0) is 14.4 Å². The maximum absolute atomic E-state index is 12.9. The third-order valence-electron chi connectivity index (χ3n) is 5.84. The van der Waals surface area contributed by atoms with Crippen LogP contribution in [0.3, 0.4) is 0 Å². The Hall–Kier alpha value is -2.89. The highest BCUT2D eigenvalue weighted by molar-refractivity contribution is 6.06. The summed E-state index contributed by atoms with van der Waals surface area (Å²) in [4.78, 5) is 38.8. The van der Waals surface area contributed by atoms with Gasteiger partial charge in [0.1, 0.15) is 5.75 Å². The van der Waals surface area contributed by atoms with Crippen LogP contribution < -0.4 is 10.5 Å². The number of amides is 1. The van der Waals surface area contributed by atoms with Crippen molar-refractivity contribution >= 4 is 17.5 Å². The van der Waals surface area contributed by atoms with Crippen molar-refractivity contribution < 1.29 is 19.1 Å². The number of primary amides is 1. The second-order valence-electron chi connectivity index (χ2n) is 7.59. The number of carbonyl (C=O) groups excluding carboxylic acids is 3. The molecule has 0 unspecified atom stereocenters. The summed E-state index contributed by atoms with van der Waals surface area (Å²) < 4.78 is 5.34. The third-order valence-corrected chi connectivity index (χ3v) is 5.84. The van der Waals surface area contributed by atoms with Crippen LogP contribution in [0.4, 0.5) is 0 Å². The van der Waals surface area contributed by atoms with Crippen molar-refractivity contribution in [3.8, 4) is 5.75 Å². The van der Waals surface area contributed by atoms with Gasteiger partial charge in [0.05, 0.1) is 0 Å². The van der Waals surface area contributed by atoms with E-state index < -0.39 is 5.91 Å². The molecule has 1 aromatic rings. The number of nitrogens with zero attached hydrogens (tertiary/aromatic N) is 1. The number of Topliss-reactive ketones (excluding diaryl/α,β-unsaturated/α-hetero) is 2. The fourth-order valence-electron chi connectivity index (χ4n) is 4.60. The Morgan fingerprint density at radius 1 is 1.00 bits per heavy atom. The Balaban J connectivity index is 1.78. The predicted molar refractivity (Wildman–Crippen MR) is 103 cm³/mol. The van der Waals surface area contributed by atoms with E-state index >= 15 is 0 Å². The van der Waals surface area contributed by atoms with E-state index in [4.69, 9.17) is 10.5 Å². The zero-order valence-electron chi connectivity index (χ0n) is 16.0. The molecule has 2 aliphatic carbocycles. The van der Waals surface area contributed by atoms with Gasteiger partial charge >= 0.3 is 0 Å². The summed E-state index contributed by atoms with van der Waals surface area (Å²) in [5.74, 6) is -0.0467. The number of ketones is 2. The maximum Gasteiger partial charge on any atom is 0.255 e. The first-order valence-corrected chi connectivity index (χ1v) is 9.74. The molecule has 6 nitrogen and oxygen atoms in total. The smallest absolute Gasteiger partial charge is 0.255 e. The molecule has 3 aliphatic rings. The van der Waals surface area contributed by atoms with Crippen molar-refractivity contribution in [1.82, 2.24) is 4.90 Å². The first-order valence-electron chi connectivity index (χ1n) is 9.74. The van der Waals surface area contributed by atoms with E-state index in [2.05, 4.69) is 4.90 Å². The minimum Gasteiger partial charge on any atom is -0.484 e. The summed E-state index contributed by atoms with van der Waals surface area (Å²) in [6.07, 6.45) is 4.48. The van der Waals surface area contributed by atoms with Crippen LogP contribution in [0.25, 0.3) is 0 Å². The molecule has 28 heavy (non-hydrogen) atoms. The van der Waals surface area contributed by atoms with E-state index in [9.17, 15) is 14.4 Å². The second-order valence-corrected chi connectivity index (χ2v) is 7.59. The van der Waals surface area contributed by atoms with E-state index in [0.29, 0.717) is 18.6 Å². The highest BCUT2D eigenvalue weighted by Gasteiger charge is 2.42. The normalized spacial score (nSPS) is 20.2. The van der Waals surface area contributed by atoms with E-state index in [-0.39, 0.29) is 24.1 Å². The minimum absolute atomic E-state index is 0.136. The molecule has 1 aliphatic heterocycles. The molecule has 1 aromatic carbocycles. The zero-order valence-corrected chi connectivity index (χ0v) is 16.0. The number of nitrogens with two attached hydrogens (primary N) is 1. The Morgan fingerprint density at radius 3 is 2.04 bits per heavy atom. The Labute approximate surface area is 164 Å². The number of hydrogen-bond donors (Lipinski definition) is 1. The molecular formula is C22H24N2O4. The predicted octanol–water partition coefficient (Wildman–Crippen LogP) is 2.59. The molecule has 0 radical (unpaired) electrons. The summed E-state index contributed by atoms with van der Waals surface area (Å²) in [5, 5.41) is 0. The van der Waals surface area contributed by atoms with Crippen LogP contribution in [0.15, 0.2) is 46.8 Å². The molecule has 6 heteroatoms. The van der Waals surface area contributed by atoms with E-state index in [0.717, 1.165) is 53.8 Å². The zero-order chi connectivity index (χ0) is 19.8. The van der Waals surface area contributed by atoms with Crippen LogP contribution >= 0.6 is 0 Å². The van der Waals surface area contributed by atoms with E-state index in [1.807, 2.05) is 19.2 Å². The van der Waals surface area contributed by atoms with Gasteiger partial charge in [-0.1, -0.05) is 12.1 Å². The fraction of sp³-hybridized carbons (Fsp3) is 0.409. The Kier molecular flexibility index (Phi) is 4.79. The number of benzene rings is 1. The molecule has 146 valence electrons. The van der Waals surface area contributed by atoms with Crippen LogP contribution in [-0.4, -0.2) is 36.0 Å². The van der Waals surface area contributed by atoms with Crippen molar-refractivity contribution in [3.63, 3.8) is 0 Å². The lowest BCUT2D eigenvalue weighted by Gasteiger charge is -2.42. The third kappa shape index (κ3) is 3.13. The van der Waals surface area contributed by atoms with Crippen molar-refractivity contribution in [2.75, 3.05) is 13.7 Å². The molecule has 0 saturated carbocycles. The standard InChI is InChI=1S/C22H24N2O4/c1-24-15-4-2-6-17(25)21(15)20(22-16(24)5-3-7-18(22)26)13-8-10-14(11-9-13)28-12-19(23)27/h8-11,20H,2-7,12H2,1H3,(H2,23,27). The molecule has 2 N–H and O–H groups in total. The van der Waals surface area contributed by atoms with Crippen LogP contribution in [0.2, 0.25) is 0 Å². The molecule has 0 saturated heterocycles. The Bertz CT molecular complexity index is 867. The SMILES string of the molecule is CN1C2=C(C(=O)CCC2)C(c2ccc(OCC(N)=O)cc2)C2=C1CCCC2=O. The number of allylic oxidation sites excluding steroid dienone is 4. The van der Waals surface area contributed by atoms with Gasteiger partial charge in [-0.15, -0.1) is 0 Å². The largest absolute Gasteiger partial charge is 0.484 e. The van der Waals surface area contributed by atoms with Gasteiger partial charge in [-0.2, -0.15) is 0 Å². The van der Waals surface area contributed by atoms with Crippen molar-refractivity contribution in [1.29, 1.82) is 0 Å². The van der Waals surface area contributed by atoms with Gasteiger partial charge in [0.2, 0.25) is 0 Å². The number of rotatable bonds is 4. The summed E-state index contributed by atoms with van der Waals surface area (Å²) in [6, 6.07) is 7.28. The topological polar surface area (TPSA) is 89.7 Å². The summed E-state index contributed by atoms with van der Waals surface area (Å²) in [5.41, 5.74) is 9.69. The van der Waals surface area contributed by atoms with Crippen molar-refractivity contribution in [3.05, 3.63) is 52.4 Å².